The fourth-order valence-corrected chi connectivity index (χ4v) is 3.04. The maximum atomic E-state index is 12.2. The Bertz CT molecular complexity index is 446. The number of likely N-dealkylation sites (tertiary alicyclic amines) is 1. The van der Waals surface area contributed by atoms with E-state index in [9.17, 15) is 4.79 Å². The molecule has 0 unspecified atom stereocenters. The lowest BCUT2D eigenvalue weighted by atomic mass is 9.77. The van der Waals surface area contributed by atoms with Gasteiger partial charge in [0, 0.05) is 44.2 Å². The summed E-state index contributed by atoms with van der Waals surface area (Å²) in [5, 5.41) is 8.15. The minimum absolute atomic E-state index is 0.234. The van der Waals surface area contributed by atoms with Crippen LogP contribution in [-0.4, -0.2) is 42.8 Å². The smallest absolute Gasteiger partial charge is 0.222 e. The highest BCUT2D eigenvalue weighted by molar-refractivity contribution is 5.76. The van der Waals surface area contributed by atoms with Gasteiger partial charge in [-0.2, -0.15) is 10.2 Å². The SMILES string of the molecule is C#CCCC1(CCC(=O)N2CCC3(CC2)COC3)N=N1. The fraction of sp³-hybridized carbons (Fsp3) is 0.800. The molecule has 108 valence electrons. The van der Waals surface area contributed by atoms with Gasteiger partial charge in [-0.1, -0.05) is 0 Å². The lowest BCUT2D eigenvalue weighted by Crippen LogP contribution is -2.52. The van der Waals surface area contributed by atoms with Crippen LogP contribution in [0.3, 0.4) is 0 Å². The highest BCUT2D eigenvalue weighted by Gasteiger charge is 2.43. The van der Waals surface area contributed by atoms with Crippen LogP contribution in [0.1, 0.15) is 38.5 Å². The van der Waals surface area contributed by atoms with Gasteiger partial charge in [0.05, 0.1) is 13.2 Å². The number of amides is 1. The van der Waals surface area contributed by atoms with Crippen molar-refractivity contribution in [3.05, 3.63) is 0 Å². The van der Waals surface area contributed by atoms with Crippen LogP contribution in [-0.2, 0) is 9.53 Å². The second-order valence-electron chi connectivity index (χ2n) is 6.26. The van der Waals surface area contributed by atoms with Crippen LogP contribution in [0.15, 0.2) is 10.2 Å². The van der Waals surface area contributed by atoms with Gasteiger partial charge in [-0.15, -0.1) is 12.3 Å². The molecule has 3 aliphatic heterocycles. The van der Waals surface area contributed by atoms with Crippen LogP contribution in [0.5, 0.6) is 0 Å². The minimum atomic E-state index is -0.332. The normalized spacial score (nSPS) is 25.1. The van der Waals surface area contributed by atoms with Crippen molar-refractivity contribution in [2.75, 3.05) is 26.3 Å². The Morgan fingerprint density at radius 2 is 1.95 bits per heavy atom. The van der Waals surface area contributed by atoms with Crippen LogP contribution < -0.4 is 0 Å². The molecule has 3 heterocycles. The van der Waals surface area contributed by atoms with E-state index in [2.05, 4.69) is 16.1 Å². The van der Waals surface area contributed by atoms with Crippen molar-refractivity contribution in [3.63, 3.8) is 0 Å². The maximum absolute atomic E-state index is 12.2. The zero-order chi connectivity index (χ0) is 14.1. The lowest BCUT2D eigenvalue weighted by Gasteiger charge is -2.47. The molecule has 0 aromatic carbocycles. The monoisotopic (exact) mass is 275 g/mol. The van der Waals surface area contributed by atoms with Gasteiger partial charge in [0.15, 0.2) is 5.66 Å². The molecule has 0 aromatic rings. The van der Waals surface area contributed by atoms with E-state index in [4.69, 9.17) is 11.2 Å². The highest BCUT2D eigenvalue weighted by Crippen LogP contribution is 2.40. The first-order valence-corrected chi connectivity index (χ1v) is 7.40. The number of carbonyl (C=O) groups is 1. The fourth-order valence-electron chi connectivity index (χ4n) is 3.04. The summed E-state index contributed by atoms with van der Waals surface area (Å²) < 4.78 is 5.30. The molecule has 1 amide bonds. The van der Waals surface area contributed by atoms with E-state index in [0.717, 1.165) is 45.6 Å². The van der Waals surface area contributed by atoms with Crippen molar-refractivity contribution in [1.82, 2.24) is 4.90 Å². The molecular formula is C15H21N3O2. The summed E-state index contributed by atoms with van der Waals surface area (Å²) in [6, 6.07) is 0. The zero-order valence-electron chi connectivity index (χ0n) is 11.8. The van der Waals surface area contributed by atoms with Crippen LogP contribution in [0.4, 0.5) is 0 Å². The summed E-state index contributed by atoms with van der Waals surface area (Å²) in [5.41, 5.74) is 0.0484. The van der Waals surface area contributed by atoms with Crippen molar-refractivity contribution in [2.24, 2.45) is 15.6 Å². The largest absolute Gasteiger partial charge is 0.380 e. The summed E-state index contributed by atoms with van der Waals surface area (Å²) in [5.74, 6) is 2.84. The Kier molecular flexibility index (Phi) is 3.51. The number of ether oxygens (including phenoxy) is 1. The Labute approximate surface area is 119 Å². The first kappa shape index (κ1) is 13.6. The van der Waals surface area contributed by atoms with Crippen molar-refractivity contribution < 1.29 is 9.53 Å². The van der Waals surface area contributed by atoms with E-state index in [1.54, 1.807) is 0 Å². The molecule has 3 rings (SSSR count). The molecule has 5 heteroatoms. The van der Waals surface area contributed by atoms with E-state index >= 15 is 0 Å². The van der Waals surface area contributed by atoms with E-state index in [-0.39, 0.29) is 11.6 Å². The Hall–Kier alpha value is -1.41. The molecule has 2 fully saturated rings. The first-order chi connectivity index (χ1) is 9.67. The summed E-state index contributed by atoms with van der Waals surface area (Å²) >= 11 is 0. The molecule has 0 saturated carbocycles. The van der Waals surface area contributed by atoms with Crippen LogP contribution in [0.2, 0.25) is 0 Å². The molecule has 5 nitrogen and oxygen atoms in total. The average Bonchev–Trinajstić information content (AvgIpc) is 3.22. The number of hydrogen-bond acceptors (Lipinski definition) is 4. The van der Waals surface area contributed by atoms with Crippen molar-refractivity contribution in [2.45, 2.75) is 44.2 Å². The third-order valence-electron chi connectivity index (χ3n) is 4.79. The number of hydrogen-bond donors (Lipinski definition) is 0. The van der Waals surface area contributed by atoms with Gasteiger partial charge >= 0.3 is 0 Å². The van der Waals surface area contributed by atoms with Gasteiger partial charge < -0.3 is 9.64 Å². The number of terminal acetylenes is 1. The molecule has 2 saturated heterocycles. The Morgan fingerprint density at radius 3 is 2.45 bits per heavy atom. The third-order valence-corrected chi connectivity index (χ3v) is 4.79. The topological polar surface area (TPSA) is 54.3 Å². The molecule has 0 atom stereocenters. The van der Waals surface area contributed by atoms with Crippen molar-refractivity contribution >= 4 is 5.91 Å². The van der Waals surface area contributed by atoms with Gasteiger partial charge in [0.2, 0.25) is 5.91 Å². The minimum Gasteiger partial charge on any atom is -0.380 e. The quantitative estimate of drug-likeness (QED) is 0.720. The van der Waals surface area contributed by atoms with Crippen molar-refractivity contribution in [3.8, 4) is 12.3 Å². The zero-order valence-corrected chi connectivity index (χ0v) is 11.8. The molecule has 0 radical (unpaired) electrons. The van der Waals surface area contributed by atoms with E-state index in [1.807, 2.05) is 4.90 Å². The first-order valence-electron chi connectivity index (χ1n) is 7.40. The molecule has 1 spiro atoms. The van der Waals surface area contributed by atoms with Gasteiger partial charge in [-0.05, 0) is 12.8 Å². The molecule has 0 aromatic heterocycles. The van der Waals surface area contributed by atoms with Gasteiger partial charge in [0.1, 0.15) is 0 Å². The van der Waals surface area contributed by atoms with Crippen LogP contribution in [0.25, 0.3) is 0 Å². The number of nitrogens with zero attached hydrogens (tertiary/aromatic N) is 3. The van der Waals surface area contributed by atoms with Gasteiger partial charge in [-0.3, -0.25) is 4.79 Å². The number of rotatable bonds is 5. The Balaban J connectivity index is 1.40. The van der Waals surface area contributed by atoms with Crippen LogP contribution >= 0.6 is 0 Å². The van der Waals surface area contributed by atoms with Crippen LogP contribution in [0, 0.1) is 17.8 Å². The van der Waals surface area contributed by atoms with Crippen molar-refractivity contribution in [1.29, 1.82) is 0 Å². The molecular weight excluding hydrogens is 254 g/mol. The predicted molar refractivity (Wildman–Crippen MR) is 74.0 cm³/mol. The second-order valence-corrected chi connectivity index (χ2v) is 6.26. The Morgan fingerprint density at radius 1 is 1.25 bits per heavy atom. The molecule has 20 heavy (non-hydrogen) atoms. The molecule has 3 aliphatic rings. The molecule has 0 bridgehead atoms. The molecule has 0 N–H and O–H groups in total. The van der Waals surface area contributed by atoms with E-state index in [0.29, 0.717) is 24.7 Å². The lowest BCUT2D eigenvalue weighted by molar-refractivity contribution is -0.153. The summed E-state index contributed by atoms with van der Waals surface area (Å²) in [7, 11) is 0. The summed E-state index contributed by atoms with van der Waals surface area (Å²) in [6.07, 6.45) is 10.1. The number of piperidine rings is 1. The predicted octanol–water partition coefficient (Wildman–Crippen LogP) is 1.98. The third kappa shape index (κ3) is 2.71. The highest BCUT2D eigenvalue weighted by atomic mass is 16.5. The maximum Gasteiger partial charge on any atom is 0.222 e. The van der Waals surface area contributed by atoms with Gasteiger partial charge in [0.25, 0.3) is 0 Å². The standard InChI is InChI=1S/C15H21N3O2/c1-2-3-5-15(16-17-15)6-4-13(19)18-9-7-14(8-10-18)11-20-12-14/h1H,3-12H2. The van der Waals surface area contributed by atoms with Gasteiger partial charge in [-0.25, -0.2) is 0 Å². The number of carbonyl (C=O) groups excluding carboxylic acids is 1. The second kappa shape index (κ2) is 5.17. The average molecular weight is 275 g/mol. The van der Waals surface area contributed by atoms with E-state index in [1.165, 1.54) is 0 Å². The summed E-state index contributed by atoms with van der Waals surface area (Å²) in [4.78, 5) is 14.2. The van der Waals surface area contributed by atoms with E-state index < -0.39 is 0 Å². The summed E-state index contributed by atoms with van der Waals surface area (Å²) in [6.45, 7) is 3.49. The molecule has 0 aliphatic carbocycles.